The molecule has 2 aromatic carbocycles. The van der Waals surface area contributed by atoms with Gasteiger partial charge in [-0.3, -0.25) is 4.79 Å². The number of alkyl halides is 3. The highest BCUT2D eigenvalue weighted by atomic mass is 19.4. The quantitative estimate of drug-likeness (QED) is 0.758. The van der Waals surface area contributed by atoms with E-state index in [1.54, 1.807) is 17.4 Å². The van der Waals surface area contributed by atoms with Crippen molar-refractivity contribution in [1.29, 1.82) is 0 Å². The molecule has 0 spiro atoms. The molecule has 0 fully saturated rings. The fourth-order valence-electron chi connectivity index (χ4n) is 2.00. The van der Waals surface area contributed by atoms with Crippen molar-refractivity contribution < 1.29 is 18.0 Å². The third-order valence-corrected chi connectivity index (χ3v) is 3.06. The van der Waals surface area contributed by atoms with Crippen molar-refractivity contribution in [2.75, 3.05) is 5.32 Å². The van der Waals surface area contributed by atoms with Crippen LogP contribution in [0.25, 0.3) is 22.4 Å². The zero-order chi connectivity index (χ0) is 15.7. The van der Waals surface area contributed by atoms with E-state index in [2.05, 4.69) is 9.97 Å². The topological polar surface area (TPSA) is 57.8 Å². The number of benzene rings is 2. The molecule has 7 heteroatoms. The van der Waals surface area contributed by atoms with Crippen molar-refractivity contribution in [3.63, 3.8) is 0 Å². The molecule has 2 N–H and O–H groups in total. The summed E-state index contributed by atoms with van der Waals surface area (Å²) < 4.78 is 36.5. The second kappa shape index (κ2) is 5.18. The number of nitrogens with one attached hydrogen (secondary N) is 2. The predicted octanol–water partition coefficient (Wildman–Crippen LogP) is 3.73. The van der Waals surface area contributed by atoms with Crippen molar-refractivity contribution >= 4 is 22.6 Å². The van der Waals surface area contributed by atoms with E-state index in [-0.39, 0.29) is 5.69 Å². The number of aromatic nitrogens is 2. The van der Waals surface area contributed by atoms with Gasteiger partial charge in [-0.1, -0.05) is 12.1 Å². The Bertz CT molecular complexity index is 789. The third-order valence-electron chi connectivity index (χ3n) is 3.06. The summed E-state index contributed by atoms with van der Waals surface area (Å²) >= 11 is 0. The Morgan fingerprint density at radius 3 is 2.36 bits per heavy atom. The third kappa shape index (κ3) is 2.78. The summed E-state index contributed by atoms with van der Waals surface area (Å²) in [6.07, 6.45) is -4.91. The van der Waals surface area contributed by atoms with Crippen molar-refractivity contribution in [3.8, 4) is 11.4 Å². The number of aromatic amines is 1. The Morgan fingerprint density at radius 2 is 1.73 bits per heavy atom. The first-order chi connectivity index (χ1) is 10.4. The van der Waals surface area contributed by atoms with Crippen LogP contribution in [-0.4, -0.2) is 22.1 Å². The molecule has 4 nitrogen and oxygen atoms in total. The van der Waals surface area contributed by atoms with E-state index >= 15 is 0 Å². The van der Waals surface area contributed by atoms with Crippen LogP contribution in [0.15, 0.2) is 48.5 Å². The first-order valence-corrected chi connectivity index (χ1v) is 6.37. The second-order valence-electron chi connectivity index (χ2n) is 4.63. The van der Waals surface area contributed by atoms with Crippen molar-refractivity contribution in [2.45, 2.75) is 6.18 Å². The Labute approximate surface area is 123 Å². The van der Waals surface area contributed by atoms with Crippen LogP contribution < -0.4 is 5.32 Å². The number of fused-ring (bicyclic) bond motifs is 1. The van der Waals surface area contributed by atoms with Gasteiger partial charge < -0.3 is 10.3 Å². The van der Waals surface area contributed by atoms with E-state index in [9.17, 15) is 18.0 Å². The highest BCUT2D eigenvalue weighted by Crippen LogP contribution is 2.23. The van der Waals surface area contributed by atoms with Crippen LogP contribution >= 0.6 is 0 Å². The number of amides is 1. The standard InChI is InChI=1S/C15H10F3N3O/c16-15(17,18)14(22)19-10-7-5-9(6-8-10)13-20-11-3-1-2-4-12(11)21-13/h1-8H,(H,19,22)(H,20,21). The van der Waals surface area contributed by atoms with Gasteiger partial charge in [-0.15, -0.1) is 0 Å². The maximum absolute atomic E-state index is 12.2. The minimum Gasteiger partial charge on any atom is -0.338 e. The number of carbonyl (C=O) groups excluding carboxylic acids is 1. The van der Waals surface area contributed by atoms with E-state index < -0.39 is 12.1 Å². The summed E-state index contributed by atoms with van der Waals surface area (Å²) in [6, 6.07) is 13.4. The Kier molecular flexibility index (Phi) is 3.32. The largest absolute Gasteiger partial charge is 0.471 e. The van der Waals surface area contributed by atoms with Crippen molar-refractivity contribution in [2.24, 2.45) is 0 Å². The molecule has 22 heavy (non-hydrogen) atoms. The molecule has 112 valence electrons. The minimum absolute atomic E-state index is 0.0715. The summed E-state index contributed by atoms with van der Waals surface area (Å²) in [6.45, 7) is 0. The van der Waals surface area contributed by atoms with Crippen LogP contribution in [0.5, 0.6) is 0 Å². The lowest BCUT2D eigenvalue weighted by atomic mass is 10.2. The lowest BCUT2D eigenvalue weighted by Gasteiger charge is -2.08. The van der Waals surface area contributed by atoms with Gasteiger partial charge in [-0.25, -0.2) is 4.98 Å². The van der Waals surface area contributed by atoms with Gasteiger partial charge in [-0.05, 0) is 36.4 Å². The number of nitrogens with zero attached hydrogens (tertiary/aromatic N) is 1. The first-order valence-electron chi connectivity index (χ1n) is 6.37. The molecule has 0 aliphatic heterocycles. The van der Waals surface area contributed by atoms with Crippen LogP contribution in [0.3, 0.4) is 0 Å². The maximum Gasteiger partial charge on any atom is 0.471 e. The zero-order valence-electron chi connectivity index (χ0n) is 11.1. The van der Waals surface area contributed by atoms with Gasteiger partial charge in [0.25, 0.3) is 0 Å². The monoisotopic (exact) mass is 305 g/mol. The van der Waals surface area contributed by atoms with Gasteiger partial charge in [0.05, 0.1) is 11.0 Å². The smallest absolute Gasteiger partial charge is 0.338 e. The molecule has 0 radical (unpaired) electrons. The fraction of sp³-hybridized carbons (Fsp3) is 0.0667. The summed E-state index contributed by atoms with van der Waals surface area (Å²) in [5.41, 5.74) is 2.45. The van der Waals surface area contributed by atoms with Crippen LogP contribution in [-0.2, 0) is 4.79 Å². The molecular formula is C15H10F3N3O. The highest BCUT2D eigenvalue weighted by Gasteiger charge is 2.38. The van der Waals surface area contributed by atoms with Crippen LogP contribution in [0.2, 0.25) is 0 Å². The number of imidazole rings is 1. The average Bonchev–Trinajstić information content (AvgIpc) is 2.91. The van der Waals surface area contributed by atoms with Crippen LogP contribution in [0.1, 0.15) is 0 Å². The summed E-state index contributed by atoms with van der Waals surface area (Å²) in [5.74, 6) is -1.39. The maximum atomic E-state index is 12.2. The number of carbonyl (C=O) groups is 1. The van der Waals surface area contributed by atoms with Crippen LogP contribution in [0.4, 0.5) is 18.9 Å². The molecular weight excluding hydrogens is 295 g/mol. The molecule has 0 saturated heterocycles. The van der Waals surface area contributed by atoms with Gasteiger partial charge in [0.2, 0.25) is 0 Å². The van der Waals surface area contributed by atoms with Crippen LogP contribution in [0, 0.1) is 0 Å². The van der Waals surface area contributed by atoms with E-state index in [4.69, 9.17) is 0 Å². The number of anilines is 1. The molecule has 0 unspecified atom stereocenters. The molecule has 1 amide bonds. The molecule has 0 atom stereocenters. The Hall–Kier alpha value is -2.83. The van der Waals surface area contributed by atoms with Gasteiger partial charge in [0.1, 0.15) is 5.82 Å². The van der Waals surface area contributed by atoms with E-state index in [0.29, 0.717) is 11.4 Å². The molecule has 0 aliphatic carbocycles. The average molecular weight is 305 g/mol. The van der Waals surface area contributed by atoms with Crippen molar-refractivity contribution in [1.82, 2.24) is 9.97 Å². The zero-order valence-corrected chi connectivity index (χ0v) is 11.1. The first kappa shape index (κ1) is 14.1. The molecule has 3 rings (SSSR count). The normalized spacial score (nSPS) is 11.6. The molecule has 1 aromatic heterocycles. The number of hydrogen-bond acceptors (Lipinski definition) is 2. The fourth-order valence-corrected chi connectivity index (χ4v) is 2.00. The number of hydrogen-bond donors (Lipinski definition) is 2. The van der Waals surface area contributed by atoms with Gasteiger partial charge in [-0.2, -0.15) is 13.2 Å². The SMILES string of the molecule is O=C(Nc1ccc(-c2nc3ccccc3[nH]2)cc1)C(F)(F)F. The van der Waals surface area contributed by atoms with E-state index in [1.165, 1.54) is 12.1 Å². The molecule has 1 heterocycles. The lowest BCUT2D eigenvalue weighted by Crippen LogP contribution is -2.29. The number of rotatable bonds is 2. The predicted molar refractivity (Wildman–Crippen MR) is 76.2 cm³/mol. The molecule has 0 aliphatic rings. The summed E-state index contributed by atoms with van der Waals surface area (Å²) in [4.78, 5) is 18.4. The Morgan fingerprint density at radius 1 is 1.05 bits per heavy atom. The second-order valence-corrected chi connectivity index (χ2v) is 4.63. The number of H-pyrrole nitrogens is 1. The van der Waals surface area contributed by atoms with E-state index in [0.717, 1.165) is 11.0 Å². The number of halogens is 3. The molecule has 0 saturated carbocycles. The van der Waals surface area contributed by atoms with Crippen molar-refractivity contribution in [3.05, 3.63) is 48.5 Å². The summed E-state index contributed by atoms with van der Waals surface area (Å²) in [7, 11) is 0. The molecule has 0 bridgehead atoms. The van der Waals surface area contributed by atoms with Gasteiger partial charge in [0.15, 0.2) is 0 Å². The van der Waals surface area contributed by atoms with Gasteiger partial charge in [0, 0.05) is 11.3 Å². The highest BCUT2D eigenvalue weighted by molar-refractivity contribution is 5.95. The minimum atomic E-state index is -4.91. The van der Waals surface area contributed by atoms with E-state index in [1.807, 2.05) is 24.3 Å². The van der Waals surface area contributed by atoms with Gasteiger partial charge >= 0.3 is 12.1 Å². The summed E-state index contributed by atoms with van der Waals surface area (Å²) in [5, 5.41) is 1.79. The molecule has 3 aromatic rings. The lowest BCUT2D eigenvalue weighted by molar-refractivity contribution is -0.167. The Balaban J connectivity index is 1.83. The number of para-hydroxylation sites is 2.